The third kappa shape index (κ3) is 3.85. The van der Waals surface area contributed by atoms with Crippen LogP contribution in [-0.4, -0.2) is 30.2 Å². The van der Waals surface area contributed by atoms with Gasteiger partial charge in [-0.1, -0.05) is 11.3 Å². The monoisotopic (exact) mass is 374 g/mol. The largest absolute Gasteiger partial charge is 0.494 e. The lowest BCUT2D eigenvalue weighted by Gasteiger charge is -2.06. The number of nitrogens with zero attached hydrogens (tertiary/aromatic N) is 2. The van der Waals surface area contributed by atoms with E-state index < -0.39 is 5.91 Å². The maximum absolute atomic E-state index is 12.3. The number of methoxy groups -OCH3 is 1. The smallest absolute Gasteiger partial charge is 0.315 e. The fourth-order valence-corrected chi connectivity index (χ4v) is 3.54. The molecule has 26 heavy (non-hydrogen) atoms. The quantitative estimate of drug-likeness (QED) is 0.620. The van der Waals surface area contributed by atoms with Gasteiger partial charge >= 0.3 is 11.9 Å². The summed E-state index contributed by atoms with van der Waals surface area (Å²) in [6, 6.07) is 8.84. The highest BCUT2D eigenvalue weighted by Crippen LogP contribution is 2.24. The van der Waals surface area contributed by atoms with Crippen molar-refractivity contribution in [1.82, 2.24) is 4.57 Å². The summed E-state index contributed by atoms with van der Waals surface area (Å²) < 4.78 is 18.1. The number of ether oxygens (including phenoxy) is 2. The van der Waals surface area contributed by atoms with Crippen molar-refractivity contribution < 1.29 is 23.5 Å². The molecule has 0 saturated heterocycles. The molecule has 0 saturated carbocycles. The number of carbonyl (C=O) groups excluding carboxylic acids is 2. The number of aromatic nitrogens is 1. The number of rotatable bonds is 6. The summed E-state index contributed by atoms with van der Waals surface area (Å²) in [7, 11) is 1.35. The van der Waals surface area contributed by atoms with Gasteiger partial charge in [0.15, 0.2) is 10.6 Å². The van der Waals surface area contributed by atoms with Crippen molar-refractivity contribution in [3.05, 3.63) is 47.2 Å². The van der Waals surface area contributed by atoms with E-state index >= 15 is 0 Å². The molecule has 3 aromatic rings. The average Bonchev–Trinajstić information content (AvgIpc) is 3.27. The lowest BCUT2D eigenvalue weighted by molar-refractivity contribution is -0.140. The number of carbonyl (C=O) groups is 2. The van der Waals surface area contributed by atoms with E-state index in [9.17, 15) is 9.59 Å². The minimum atomic E-state index is -0.474. The highest BCUT2D eigenvalue weighted by molar-refractivity contribution is 7.16. The summed E-state index contributed by atoms with van der Waals surface area (Å²) in [5.41, 5.74) is 0.869. The second-order valence-corrected chi connectivity index (χ2v) is 6.33. The predicted molar refractivity (Wildman–Crippen MR) is 96.2 cm³/mol. The highest BCUT2D eigenvalue weighted by atomic mass is 32.1. The molecule has 0 unspecified atom stereocenters. The Hall–Kier alpha value is -2.87. The zero-order valence-electron chi connectivity index (χ0n) is 14.4. The van der Waals surface area contributed by atoms with Gasteiger partial charge in [-0.15, -0.1) is 0 Å². The second-order valence-electron chi connectivity index (χ2n) is 5.32. The number of benzene rings is 1. The average molecular weight is 374 g/mol. The van der Waals surface area contributed by atoms with E-state index in [4.69, 9.17) is 13.9 Å². The molecule has 8 heteroatoms. The Kier molecular flexibility index (Phi) is 5.52. The van der Waals surface area contributed by atoms with E-state index in [1.807, 2.05) is 29.7 Å². The number of esters is 1. The van der Waals surface area contributed by atoms with E-state index in [0.717, 1.165) is 16.0 Å². The first-order chi connectivity index (χ1) is 12.6. The van der Waals surface area contributed by atoms with Gasteiger partial charge < -0.3 is 18.5 Å². The van der Waals surface area contributed by atoms with Crippen LogP contribution in [0.15, 0.2) is 46.0 Å². The van der Waals surface area contributed by atoms with Crippen molar-refractivity contribution in [2.45, 2.75) is 19.9 Å². The fourth-order valence-electron chi connectivity index (χ4n) is 2.46. The highest BCUT2D eigenvalue weighted by Gasteiger charge is 2.13. The number of amides is 1. The van der Waals surface area contributed by atoms with Crippen molar-refractivity contribution in [2.24, 2.45) is 4.99 Å². The molecule has 0 spiro atoms. The van der Waals surface area contributed by atoms with Crippen molar-refractivity contribution in [2.75, 3.05) is 13.7 Å². The van der Waals surface area contributed by atoms with Gasteiger partial charge in [-0.3, -0.25) is 9.59 Å². The van der Waals surface area contributed by atoms with Crippen LogP contribution in [0.5, 0.6) is 5.75 Å². The standard InChI is InChI=1S/C18H18N2O5S/c1-3-24-12-6-7-13-15(11-12)26-18(20(13)9-8-16(21)23-2)19-17(22)14-5-4-10-25-14/h4-7,10-11H,3,8-9H2,1-2H3. The lowest BCUT2D eigenvalue weighted by atomic mass is 10.3. The van der Waals surface area contributed by atoms with Gasteiger partial charge in [0.25, 0.3) is 0 Å². The summed E-state index contributed by atoms with van der Waals surface area (Å²) in [6.45, 7) is 2.83. The third-order valence-electron chi connectivity index (χ3n) is 3.66. The van der Waals surface area contributed by atoms with Gasteiger partial charge in [0.05, 0.1) is 36.6 Å². The van der Waals surface area contributed by atoms with Crippen LogP contribution < -0.4 is 9.54 Å². The first-order valence-electron chi connectivity index (χ1n) is 8.08. The Labute approximate surface area is 153 Å². The zero-order chi connectivity index (χ0) is 18.5. The van der Waals surface area contributed by atoms with Crippen LogP contribution in [0, 0.1) is 0 Å². The Morgan fingerprint density at radius 3 is 2.85 bits per heavy atom. The Morgan fingerprint density at radius 2 is 2.15 bits per heavy atom. The minimum Gasteiger partial charge on any atom is -0.494 e. The molecule has 0 radical (unpaired) electrons. The summed E-state index contributed by atoms with van der Waals surface area (Å²) in [5.74, 6) is 0.103. The Morgan fingerprint density at radius 1 is 1.31 bits per heavy atom. The number of hydrogen-bond acceptors (Lipinski definition) is 6. The van der Waals surface area contributed by atoms with Crippen molar-refractivity contribution >= 4 is 33.4 Å². The fraction of sp³-hybridized carbons (Fsp3) is 0.278. The molecule has 2 aromatic heterocycles. The molecule has 0 aliphatic carbocycles. The number of thiazole rings is 1. The van der Waals surface area contributed by atoms with Crippen LogP contribution in [0.4, 0.5) is 0 Å². The SMILES string of the molecule is CCOc1ccc2c(c1)sc(=NC(=O)c1ccco1)n2CCC(=O)OC. The Balaban J connectivity index is 2.06. The summed E-state index contributed by atoms with van der Waals surface area (Å²) >= 11 is 1.35. The van der Waals surface area contributed by atoms with Crippen molar-refractivity contribution in [3.63, 3.8) is 0 Å². The van der Waals surface area contributed by atoms with E-state index in [2.05, 4.69) is 4.99 Å². The lowest BCUT2D eigenvalue weighted by Crippen LogP contribution is -2.19. The van der Waals surface area contributed by atoms with Gasteiger partial charge in [0.2, 0.25) is 0 Å². The van der Waals surface area contributed by atoms with E-state index in [1.165, 1.54) is 24.7 Å². The molecule has 136 valence electrons. The van der Waals surface area contributed by atoms with Gasteiger partial charge in [-0.2, -0.15) is 4.99 Å². The molecule has 0 fully saturated rings. The Bertz CT molecular complexity index is 985. The molecule has 1 amide bonds. The summed E-state index contributed by atoms with van der Waals surface area (Å²) in [5, 5.41) is 0. The van der Waals surface area contributed by atoms with Crippen molar-refractivity contribution in [3.8, 4) is 5.75 Å². The van der Waals surface area contributed by atoms with E-state index in [0.29, 0.717) is 18.0 Å². The number of hydrogen-bond donors (Lipinski definition) is 0. The molecule has 3 rings (SSSR count). The number of aryl methyl sites for hydroxylation is 1. The van der Waals surface area contributed by atoms with Crippen LogP contribution >= 0.6 is 11.3 Å². The normalized spacial score (nSPS) is 11.7. The maximum Gasteiger partial charge on any atom is 0.315 e. The van der Waals surface area contributed by atoms with Crippen LogP contribution in [-0.2, 0) is 16.1 Å². The molecule has 7 nitrogen and oxygen atoms in total. The first kappa shape index (κ1) is 17.9. The van der Waals surface area contributed by atoms with E-state index in [-0.39, 0.29) is 18.2 Å². The van der Waals surface area contributed by atoms with Gasteiger partial charge in [-0.05, 0) is 37.3 Å². The van der Waals surface area contributed by atoms with Crippen LogP contribution in [0.25, 0.3) is 10.2 Å². The first-order valence-corrected chi connectivity index (χ1v) is 8.89. The number of fused-ring (bicyclic) bond motifs is 1. The van der Waals surface area contributed by atoms with Gasteiger partial charge in [0.1, 0.15) is 5.75 Å². The third-order valence-corrected chi connectivity index (χ3v) is 4.70. The topological polar surface area (TPSA) is 83.0 Å². The maximum atomic E-state index is 12.3. The molecule has 0 aliphatic heterocycles. The minimum absolute atomic E-state index is 0.164. The molecule has 2 heterocycles. The van der Waals surface area contributed by atoms with Gasteiger partial charge in [-0.25, -0.2) is 0 Å². The van der Waals surface area contributed by atoms with Gasteiger partial charge in [0, 0.05) is 6.54 Å². The van der Waals surface area contributed by atoms with Crippen molar-refractivity contribution in [1.29, 1.82) is 0 Å². The molecule has 1 aromatic carbocycles. The predicted octanol–water partition coefficient (Wildman–Crippen LogP) is 3.00. The molecule has 0 atom stereocenters. The molecule has 0 N–H and O–H groups in total. The second kappa shape index (κ2) is 8.01. The molecule has 0 bridgehead atoms. The molecular weight excluding hydrogens is 356 g/mol. The summed E-state index contributed by atoms with van der Waals surface area (Å²) in [4.78, 5) is 28.5. The van der Waals surface area contributed by atoms with Crippen LogP contribution in [0.3, 0.4) is 0 Å². The van der Waals surface area contributed by atoms with E-state index in [1.54, 1.807) is 12.1 Å². The van der Waals surface area contributed by atoms with Crippen LogP contribution in [0.2, 0.25) is 0 Å². The summed E-state index contributed by atoms with van der Waals surface area (Å²) in [6.07, 6.45) is 1.60. The van der Waals surface area contributed by atoms with Crippen LogP contribution in [0.1, 0.15) is 23.9 Å². The number of furan rings is 1. The zero-order valence-corrected chi connectivity index (χ0v) is 15.2. The molecule has 0 aliphatic rings. The molecular formula is C18H18N2O5S.